The van der Waals surface area contributed by atoms with E-state index in [-0.39, 0.29) is 17.9 Å². The van der Waals surface area contributed by atoms with Gasteiger partial charge in [0, 0.05) is 37.1 Å². The molecule has 0 aliphatic heterocycles. The number of aromatic amines is 1. The van der Waals surface area contributed by atoms with Crippen molar-refractivity contribution >= 4 is 22.7 Å². The van der Waals surface area contributed by atoms with E-state index >= 15 is 0 Å². The van der Waals surface area contributed by atoms with Gasteiger partial charge in [0.05, 0.1) is 34.1 Å². The minimum absolute atomic E-state index is 0.0498. The number of azo groups is 1. The van der Waals surface area contributed by atoms with Gasteiger partial charge in [-0.3, -0.25) is 14.8 Å². The van der Waals surface area contributed by atoms with Crippen molar-refractivity contribution < 1.29 is 26.9 Å². The maximum absolute atomic E-state index is 14.2. The molecule has 4 aromatic rings. The number of halogens is 5. The van der Waals surface area contributed by atoms with Crippen LogP contribution in [0.2, 0.25) is 0 Å². The fourth-order valence-electron chi connectivity index (χ4n) is 3.62. The Kier molecular flexibility index (Phi) is 7.32. The van der Waals surface area contributed by atoms with Crippen molar-refractivity contribution in [1.29, 1.82) is 0 Å². The van der Waals surface area contributed by atoms with Gasteiger partial charge in [-0.05, 0) is 43.3 Å². The van der Waals surface area contributed by atoms with E-state index in [1.165, 1.54) is 35.1 Å². The van der Waals surface area contributed by atoms with Gasteiger partial charge in [0.1, 0.15) is 0 Å². The molecular formula is C24H19F5N6O2. The van der Waals surface area contributed by atoms with Crippen molar-refractivity contribution in [3.8, 4) is 11.3 Å². The summed E-state index contributed by atoms with van der Waals surface area (Å²) in [6.45, 7) is 3.01. The third kappa shape index (κ3) is 5.20. The molecule has 0 saturated carbocycles. The highest BCUT2D eigenvalue weighted by molar-refractivity contribution is 5.62. The van der Waals surface area contributed by atoms with Crippen LogP contribution < -0.4 is 4.90 Å². The Morgan fingerprint density at radius 1 is 0.865 bits per heavy atom. The van der Waals surface area contributed by atoms with Crippen LogP contribution in [0.4, 0.5) is 44.7 Å². The lowest BCUT2D eigenvalue weighted by atomic mass is 10.1. The van der Waals surface area contributed by atoms with E-state index in [4.69, 9.17) is 0 Å². The van der Waals surface area contributed by atoms with Crippen LogP contribution in [-0.2, 0) is 6.54 Å². The molecule has 1 N–H and O–H groups in total. The minimum Gasteiger partial charge on any atom is -0.370 e. The second-order valence-corrected chi connectivity index (χ2v) is 7.82. The largest absolute Gasteiger partial charge is 0.370 e. The van der Waals surface area contributed by atoms with Crippen LogP contribution >= 0.6 is 0 Å². The highest BCUT2D eigenvalue weighted by Gasteiger charge is 2.28. The number of aromatic nitrogens is 2. The lowest BCUT2D eigenvalue weighted by molar-refractivity contribution is -0.384. The Hall–Kier alpha value is -4.55. The minimum atomic E-state index is -2.20. The zero-order chi connectivity index (χ0) is 26.7. The van der Waals surface area contributed by atoms with E-state index in [0.717, 1.165) is 5.69 Å². The molecule has 0 radical (unpaired) electrons. The van der Waals surface area contributed by atoms with Gasteiger partial charge in [-0.1, -0.05) is 0 Å². The molecule has 1 aromatic heterocycles. The summed E-state index contributed by atoms with van der Waals surface area (Å²) in [6.07, 6.45) is 1.17. The Morgan fingerprint density at radius 3 is 1.84 bits per heavy atom. The van der Waals surface area contributed by atoms with Gasteiger partial charge in [0.2, 0.25) is 5.82 Å². The summed E-state index contributed by atoms with van der Waals surface area (Å²) >= 11 is 0. The summed E-state index contributed by atoms with van der Waals surface area (Å²) in [5.41, 5.74) is 0.612. The second kappa shape index (κ2) is 10.6. The van der Waals surface area contributed by atoms with Gasteiger partial charge in [-0.15, -0.1) is 0 Å². The number of nitro benzene ring substituents is 1. The van der Waals surface area contributed by atoms with Crippen LogP contribution in [0.3, 0.4) is 0 Å². The van der Waals surface area contributed by atoms with E-state index < -0.39 is 39.6 Å². The molecule has 4 rings (SSSR count). The van der Waals surface area contributed by atoms with Crippen molar-refractivity contribution in [1.82, 2.24) is 9.78 Å². The first-order valence-corrected chi connectivity index (χ1v) is 11.0. The topological polar surface area (TPSA) is 91.8 Å². The van der Waals surface area contributed by atoms with Crippen molar-refractivity contribution in [2.45, 2.75) is 13.5 Å². The number of nitro groups is 1. The van der Waals surface area contributed by atoms with Crippen molar-refractivity contribution in [2.75, 3.05) is 18.0 Å². The molecule has 13 heteroatoms. The van der Waals surface area contributed by atoms with Gasteiger partial charge >= 0.3 is 0 Å². The number of hydrogen-bond donors (Lipinski definition) is 1. The monoisotopic (exact) mass is 518 g/mol. The van der Waals surface area contributed by atoms with E-state index in [1.807, 2.05) is 11.8 Å². The van der Waals surface area contributed by atoms with Crippen LogP contribution in [0.15, 0.2) is 65.0 Å². The summed E-state index contributed by atoms with van der Waals surface area (Å²) in [4.78, 5) is 12.2. The van der Waals surface area contributed by atoms with Crippen molar-refractivity contribution in [3.63, 3.8) is 0 Å². The summed E-state index contributed by atoms with van der Waals surface area (Å²) in [6, 6.07) is 12.6. The Morgan fingerprint density at radius 2 is 1.38 bits per heavy atom. The maximum atomic E-state index is 14.2. The average Bonchev–Trinajstić information content (AvgIpc) is 2.90. The maximum Gasteiger partial charge on any atom is 0.269 e. The third-order valence-electron chi connectivity index (χ3n) is 5.65. The second-order valence-electron chi connectivity index (χ2n) is 7.82. The van der Waals surface area contributed by atoms with Crippen molar-refractivity contribution in [2.24, 2.45) is 10.2 Å². The predicted molar refractivity (Wildman–Crippen MR) is 126 cm³/mol. The Bertz CT molecular complexity index is 1420. The molecule has 0 fully saturated rings. The Balaban J connectivity index is 1.43. The smallest absolute Gasteiger partial charge is 0.269 e. The number of hydrogen-bond acceptors (Lipinski definition) is 5. The van der Waals surface area contributed by atoms with Gasteiger partial charge in [-0.25, -0.2) is 22.0 Å². The highest BCUT2D eigenvalue weighted by atomic mass is 19.2. The van der Waals surface area contributed by atoms with Gasteiger partial charge < -0.3 is 10.00 Å². The standard InChI is InChI=1S/C24H19F5N6O2/c1-2-33(11-12-34-18(13-30-34)19-20(25)22(27)24(29)23(28)21(19)26)16-7-3-14(4-8-16)31-32-15-5-9-17(10-6-15)35(36)37/h3-10,13,30H,2,11-12H2,1H3. The average molecular weight is 518 g/mol. The molecule has 0 saturated heterocycles. The van der Waals surface area contributed by atoms with Gasteiger partial charge in [0.25, 0.3) is 5.69 Å². The number of nitrogens with zero attached hydrogens (tertiary/aromatic N) is 5. The van der Waals surface area contributed by atoms with E-state index in [9.17, 15) is 32.1 Å². The fourth-order valence-corrected chi connectivity index (χ4v) is 3.62. The molecule has 0 aliphatic rings. The first-order chi connectivity index (χ1) is 17.7. The van der Waals surface area contributed by atoms with Crippen LogP contribution in [0.5, 0.6) is 0 Å². The summed E-state index contributed by atoms with van der Waals surface area (Å²) < 4.78 is 70.2. The molecule has 192 valence electrons. The summed E-state index contributed by atoms with van der Waals surface area (Å²) in [5, 5.41) is 21.6. The van der Waals surface area contributed by atoms with Crippen LogP contribution in [-0.4, -0.2) is 27.8 Å². The summed E-state index contributed by atoms with van der Waals surface area (Å²) in [7, 11) is 0. The van der Waals surface area contributed by atoms with Crippen LogP contribution in [0.25, 0.3) is 11.3 Å². The molecule has 0 amide bonds. The van der Waals surface area contributed by atoms with Crippen LogP contribution in [0, 0.1) is 39.2 Å². The predicted octanol–water partition coefficient (Wildman–Crippen LogP) is 7.03. The number of non-ortho nitro benzene ring substituents is 1. The molecule has 1 heterocycles. The quantitative estimate of drug-likeness (QED) is 0.0644. The van der Waals surface area contributed by atoms with Crippen molar-refractivity contribution in [3.05, 3.63) is 93.9 Å². The number of H-pyrrole nitrogens is 1. The normalized spacial score (nSPS) is 11.4. The SMILES string of the molecule is CCN(CCn1[nH]cc1-c1c(F)c(F)c(F)c(F)c1F)c1ccc(N=Nc2ccc([N+](=O)[O-])cc2)cc1. The van der Waals surface area contributed by atoms with Crippen LogP contribution in [0.1, 0.15) is 6.92 Å². The lowest BCUT2D eigenvalue weighted by Crippen LogP contribution is -2.29. The van der Waals surface area contributed by atoms with E-state index in [1.54, 1.807) is 24.3 Å². The molecule has 0 spiro atoms. The summed E-state index contributed by atoms with van der Waals surface area (Å²) in [5.74, 6) is -9.98. The highest BCUT2D eigenvalue weighted by Crippen LogP contribution is 2.32. The number of likely N-dealkylation sites (N-methyl/N-ethyl adjacent to an activating group) is 1. The number of rotatable bonds is 9. The molecule has 37 heavy (non-hydrogen) atoms. The van der Waals surface area contributed by atoms with E-state index in [0.29, 0.717) is 24.5 Å². The molecule has 8 nitrogen and oxygen atoms in total. The molecule has 0 atom stereocenters. The number of anilines is 1. The molecule has 0 unspecified atom stereocenters. The number of benzene rings is 3. The first kappa shape index (κ1) is 25.5. The molecule has 0 bridgehead atoms. The molecular weight excluding hydrogens is 499 g/mol. The van der Waals surface area contributed by atoms with Gasteiger partial charge in [0.15, 0.2) is 23.3 Å². The van der Waals surface area contributed by atoms with Gasteiger partial charge in [-0.2, -0.15) is 10.2 Å². The number of nitrogens with one attached hydrogen (secondary N) is 1. The zero-order valence-corrected chi connectivity index (χ0v) is 19.3. The molecule has 3 aromatic carbocycles. The first-order valence-electron chi connectivity index (χ1n) is 11.0. The van der Waals surface area contributed by atoms with E-state index in [2.05, 4.69) is 15.3 Å². The zero-order valence-electron chi connectivity index (χ0n) is 19.3. The lowest BCUT2D eigenvalue weighted by Gasteiger charge is -2.26. The molecule has 0 aliphatic carbocycles. The third-order valence-corrected chi connectivity index (χ3v) is 5.65. The Labute approximate surface area is 206 Å². The fraction of sp³-hybridized carbons (Fsp3) is 0.167.